The maximum atomic E-state index is 13.2. The first-order valence-electron chi connectivity index (χ1n) is 28.9. The van der Waals surface area contributed by atoms with Crippen molar-refractivity contribution in [1.29, 1.82) is 0 Å². The number of esters is 3. The number of hydrogen-bond donors (Lipinski definition) is 4. The molecule has 3 rings (SSSR count). The van der Waals surface area contributed by atoms with Crippen LogP contribution in [0, 0.1) is 56.2 Å². The standard InChI is InChI=1S/C59H104N4O14/c1-41(2)50(67)61-38-57(11)33-45(30-56(9,10)35-57)27-49(66)77-46(60-14)34-75-52(69)63-40-59(13)32-44(29-55(7,8)37-59)26-48(65)72-22-19-20-23-73-51(68)62-39-58(12)31-43(28-54(5,6)36-58)25-47(64)71-21-17-15-16-18-24-74-53(70)76-42(3)4/h41-46,60H,15-40H2,1-14H3,(H,61,67)(H,62,68)(H,63,69). The minimum atomic E-state index is -0.818. The zero-order chi connectivity index (χ0) is 57.7. The Hall–Kier alpha value is -4.35. The lowest BCUT2D eigenvalue weighted by molar-refractivity contribution is -0.155. The molecule has 0 aliphatic heterocycles. The molecule has 0 aromatic heterocycles. The van der Waals surface area contributed by atoms with Gasteiger partial charge in [0.2, 0.25) is 5.91 Å². The van der Waals surface area contributed by atoms with Crippen LogP contribution in [0.3, 0.4) is 0 Å². The Balaban J connectivity index is 1.31. The van der Waals surface area contributed by atoms with E-state index < -0.39 is 24.6 Å². The van der Waals surface area contributed by atoms with Gasteiger partial charge in [-0.2, -0.15) is 0 Å². The molecule has 18 heteroatoms. The van der Waals surface area contributed by atoms with Crippen LogP contribution in [0.2, 0.25) is 0 Å². The van der Waals surface area contributed by atoms with Gasteiger partial charge in [-0.1, -0.05) is 76.2 Å². The predicted molar refractivity (Wildman–Crippen MR) is 294 cm³/mol. The first-order chi connectivity index (χ1) is 35.8. The van der Waals surface area contributed by atoms with Crippen LogP contribution in [0.25, 0.3) is 0 Å². The lowest BCUT2D eigenvalue weighted by Gasteiger charge is -2.46. The lowest BCUT2D eigenvalue weighted by atomic mass is 9.60. The van der Waals surface area contributed by atoms with E-state index >= 15 is 0 Å². The highest BCUT2D eigenvalue weighted by Gasteiger charge is 2.45. The molecule has 77 heavy (non-hydrogen) atoms. The number of carbonyl (C=O) groups excluding carboxylic acids is 7. The molecule has 7 unspecified atom stereocenters. The van der Waals surface area contributed by atoms with Crippen molar-refractivity contribution in [2.75, 3.05) is 59.7 Å². The summed E-state index contributed by atoms with van der Waals surface area (Å²) in [4.78, 5) is 88.6. The monoisotopic (exact) mass is 1090 g/mol. The lowest BCUT2D eigenvalue weighted by Crippen LogP contribution is -2.45. The third-order valence-electron chi connectivity index (χ3n) is 15.3. The van der Waals surface area contributed by atoms with Gasteiger partial charge < -0.3 is 49.1 Å². The zero-order valence-corrected chi connectivity index (χ0v) is 50.1. The number of carbonyl (C=O) groups is 7. The van der Waals surface area contributed by atoms with Crippen molar-refractivity contribution in [1.82, 2.24) is 21.3 Å². The second-order valence-corrected chi connectivity index (χ2v) is 27.3. The molecule has 0 aromatic carbocycles. The van der Waals surface area contributed by atoms with E-state index in [4.69, 9.17) is 33.2 Å². The highest BCUT2D eigenvalue weighted by atomic mass is 16.7. The van der Waals surface area contributed by atoms with Crippen LogP contribution in [0.4, 0.5) is 14.4 Å². The number of nitrogens with one attached hydrogen (secondary N) is 4. The average Bonchev–Trinajstić information content (AvgIpc) is 3.27. The van der Waals surface area contributed by atoms with Crippen LogP contribution in [-0.4, -0.2) is 114 Å². The van der Waals surface area contributed by atoms with Gasteiger partial charge in [-0.25, -0.2) is 14.4 Å². The van der Waals surface area contributed by atoms with Gasteiger partial charge in [-0.15, -0.1) is 0 Å². The Morgan fingerprint density at radius 2 is 0.831 bits per heavy atom. The smallest absolute Gasteiger partial charge is 0.466 e. The molecule has 3 aliphatic carbocycles. The molecule has 3 aliphatic rings. The fourth-order valence-electron chi connectivity index (χ4n) is 13.6. The number of amides is 3. The number of hydrogen-bond acceptors (Lipinski definition) is 15. The summed E-state index contributed by atoms with van der Waals surface area (Å²) in [6.07, 6.45) is 9.86. The predicted octanol–water partition coefficient (Wildman–Crippen LogP) is 11.0. The first-order valence-corrected chi connectivity index (χ1v) is 28.9. The molecular weight excluding hydrogens is 989 g/mol. The summed E-state index contributed by atoms with van der Waals surface area (Å²) in [5.74, 6) is -0.637. The van der Waals surface area contributed by atoms with E-state index in [9.17, 15) is 33.6 Å². The molecular formula is C59H104N4O14. The quantitative estimate of drug-likeness (QED) is 0.0227. The van der Waals surface area contributed by atoms with Crippen molar-refractivity contribution in [3.8, 4) is 0 Å². The van der Waals surface area contributed by atoms with E-state index in [0.29, 0.717) is 52.1 Å². The first kappa shape index (κ1) is 66.9. The molecule has 4 N–H and O–H groups in total. The van der Waals surface area contributed by atoms with Crippen molar-refractivity contribution in [3.63, 3.8) is 0 Å². The largest absolute Gasteiger partial charge is 0.508 e. The van der Waals surface area contributed by atoms with Crippen LogP contribution >= 0.6 is 0 Å². The average molecular weight is 1090 g/mol. The third kappa shape index (κ3) is 27.4. The van der Waals surface area contributed by atoms with E-state index in [1.807, 2.05) is 13.8 Å². The molecule has 0 aromatic rings. The van der Waals surface area contributed by atoms with Crippen LogP contribution in [-0.2, 0) is 52.3 Å². The van der Waals surface area contributed by atoms with E-state index in [0.717, 1.165) is 83.5 Å². The maximum Gasteiger partial charge on any atom is 0.508 e. The zero-order valence-electron chi connectivity index (χ0n) is 50.1. The molecule has 3 amide bonds. The maximum absolute atomic E-state index is 13.2. The molecule has 0 heterocycles. The topological polar surface area (TPSA) is 232 Å². The highest BCUT2D eigenvalue weighted by molar-refractivity contribution is 5.78. The Bertz CT molecular complexity index is 1910. The summed E-state index contributed by atoms with van der Waals surface area (Å²) in [6, 6.07) is 0. The van der Waals surface area contributed by atoms with Gasteiger partial charge in [0.15, 0.2) is 6.23 Å². The Labute approximate surface area is 462 Å². The van der Waals surface area contributed by atoms with E-state index in [1.165, 1.54) is 0 Å². The fourth-order valence-corrected chi connectivity index (χ4v) is 13.6. The van der Waals surface area contributed by atoms with Crippen molar-refractivity contribution in [2.45, 2.75) is 218 Å². The minimum absolute atomic E-state index is 0.00225. The van der Waals surface area contributed by atoms with Gasteiger partial charge in [0.1, 0.15) is 6.61 Å². The summed E-state index contributed by atoms with van der Waals surface area (Å²) < 4.78 is 37.9. The van der Waals surface area contributed by atoms with Gasteiger partial charge in [-0.05, 0) is 167 Å². The molecule has 3 fully saturated rings. The Morgan fingerprint density at radius 3 is 1.25 bits per heavy atom. The Morgan fingerprint density at radius 1 is 0.455 bits per heavy atom. The van der Waals surface area contributed by atoms with Gasteiger partial charge in [0, 0.05) is 44.8 Å². The molecule has 0 saturated heterocycles. The molecule has 18 nitrogen and oxygen atoms in total. The molecule has 7 atom stereocenters. The number of ether oxygens (including phenoxy) is 7. The van der Waals surface area contributed by atoms with Crippen molar-refractivity contribution in [3.05, 3.63) is 0 Å². The number of alkyl carbamates (subject to hydrolysis) is 2. The fraction of sp³-hybridized carbons (Fsp3) is 0.881. The summed E-state index contributed by atoms with van der Waals surface area (Å²) in [7, 11) is 1.65. The van der Waals surface area contributed by atoms with Gasteiger partial charge in [0.25, 0.3) is 0 Å². The van der Waals surface area contributed by atoms with E-state index in [1.54, 1.807) is 20.9 Å². The SMILES string of the molecule is CNC(COC(=O)NCC1(C)CC(CC(=O)OCCCCOC(=O)NCC2(C)CC(CC(=O)OCCCCCCOC(=O)OC(C)C)CC(C)(C)C2)CC(C)(C)C1)OC(=O)CC1CC(C)(C)CC(C)(CNC(=O)C(C)C)C1. The highest BCUT2D eigenvalue weighted by Crippen LogP contribution is 2.52. The second-order valence-electron chi connectivity index (χ2n) is 27.3. The number of unbranched alkanes of at least 4 members (excludes halogenated alkanes) is 4. The number of rotatable bonds is 30. The van der Waals surface area contributed by atoms with Crippen LogP contribution in [0.5, 0.6) is 0 Å². The Kier molecular flexibility index (Phi) is 26.8. The van der Waals surface area contributed by atoms with Crippen LogP contribution in [0.15, 0.2) is 0 Å². The van der Waals surface area contributed by atoms with Gasteiger partial charge in [-0.3, -0.25) is 24.5 Å². The molecule has 444 valence electrons. The molecule has 0 radical (unpaired) electrons. The van der Waals surface area contributed by atoms with Crippen LogP contribution < -0.4 is 21.3 Å². The van der Waals surface area contributed by atoms with Gasteiger partial charge in [0.05, 0.1) is 32.5 Å². The number of likely N-dealkylation sites (N-methyl/N-ethyl adjacent to an activating group) is 1. The van der Waals surface area contributed by atoms with Crippen LogP contribution in [0.1, 0.15) is 206 Å². The summed E-state index contributed by atoms with van der Waals surface area (Å²) in [5, 5.41) is 11.9. The van der Waals surface area contributed by atoms with Crippen molar-refractivity contribution < 1.29 is 66.7 Å². The summed E-state index contributed by atoms with van der Waals surface area (Å²) in [5.41, 5.74) is -0.758. The van der Waals surface area contributed by atoms with Gasteiger partial charge >= 0.3 is 36.2 Å². The summed E-state index contributed by atoms with van der Waals surface area (Å²) >= 11 is 0. The summed E-state index contributed by atoms with van der Waals surface area (Å²) in [6.45, 7) is 29.1. The molecule has 0 spiro atoms. The van der Waals surface area contributed by atoms with Crippen molar-refractivity contribution >= 4 is 42.2 Å². The molecule has 0 bridgehead atoms. The minimum Gasteiger partial charge on any atom is -0.466 e. The second kappa shape index (κ2) is 30.9. The molecule has 3 saturated carbocycles. The van der Waals surface area contributed by atoms with E-state index in [-0.39, 0.29) is 119 Å². The normalized spacial score (nSPS) is 25.8. The van der Waals surface area contributed by atoms with Crippen molar-refractivity contribution in [2.24, 2.45) is 56.2 Å². The van der Waals surface area contributed by atoms with E-state index in [2.05, 4.69) is 83.6 Å². The third-order valence-corrected chi connectivity index (χ3v) is 15.3.